The zero-order valence-electron chi connectivity index (χ0n) is 21.1. The molecule has 8 heteroatoms. The third-order valence-electron chi connectivity index (χ3n) is 7.83. The summed E-state index contributed by atoms with van der Waals surface area (Å²) in [6.45, 7) is 0.151. The molecular weight excluding hydrogens is 500 g/mol. The van der Waals surface area contributed by atoms with Crippen LogP contribution in [0, 0.1) is 11.8 Å². The first-order chi connectivity index (χ1) is 18.3. The number of hydrogen-bond acceptors (Lipinski definition) is 4. The summed E-state index contributed by atoms with van der Waals surface area (Å²) in [5.74, 6) is -0.713. The third kappa shape index (κ3) is 5.66. The van der Waals surface area contributed by atoms with Crippen LogP contribution in [0.3, 0.4) is 0 Å². The van der Waals surface area contributed by atoms with Gasteiger partial charge in [0.05, 0.1) is 4.90 Å². The highest BCUT2D eigenvalue weighted by atomic mass is 32.2. The van der Waals surface area contributed by atoms with E-state index >= 15 is 0 Å². The van der Waals surface area contributed by atoms with Gasteiger partial charge in [0.15, 0.2) is 0 Å². The number of fused-ring (bicyclic) bond motifs is 2. The summed E-state index contributed by atoms with van der Waals surface area (Å²) in [5.41, 5.74) is 1.79. The fourth-order valence-corrected chi connectivity index (χ4v) is 7.66. The molecule has 0 saturated heterocycles. The number of carbonyl (C=O) groups excluding carboxylic acids is 1. The Labute approximate surface area is 223 Å². The fourth-order valence-electron chi connectivity index (χ4n) is 5.95. The van der Waals surface area contributed by atoms with E-state index in [9.17, 15) is 23.1 Å². The van der Waals surface area contributed by atoms with Crippen molar-refractivity contribution in [3.05, 3.63) is 102 Å². The number of carboxylic acids is 1. The molecule has 2 saturated carbocycles. The second kappa shape index (κ2) is 11.1. The van der Waals surface area contributed by atoms with Crippen LogP contribution in [0.2, 0.25) is 0 Å². The minimum Gasteiger partial charge on any atom is -0.480 e. The molecule has 3 aromatic rings. The van der Waals surface area contributed by atoms with Crippen LogP contribution in [0.25, 0.3) is 0 Å². The largest absolute Gasteiger partial charge is 0.480 e. The highest BCUT2D eigenvalue weighted by Gasteiger charge is 2.46. The van der Waals surface area contributed by atoms with Gasteiger partial charge in [-0.15, -0.1) is 0 Å². The van der Waals surface area contributed by atoms with E-state index in [1.165, 1.54) is 0 Å². The highest BCUT2D eigenvalue weighted by Crippen LogP contribution is 2.48. The summed E-state index contributed by atoms with van der Waals surface area (Å²) in [6, 6.07) is 23.3. The van der Waals surface area contributed by atoms with Crippen molar-refractivity contribution in [2.24, 2.45) is 11.8 Å². The summed E-state index contributed by atoms with van der Waals surface area (Å²) < 4.78 is 29.2. The lowest BCUT2D eigenvalue weighted by atomic mass is 9.95. The molecule has 0 spiro atoms. The summed E-state index contributed by atoms with van der Waals surface area (Å²) in [6.07, 6.45) is 4.28. The SMILES string of the molecule is O=C(N[C@@H](Cc1ccccc1)C(=O)O)c1cccc(CN(C2CC3CCC2C3)S(=O)(=O)c2ccccc2)c1. The highest BCUT2D eigenvalue weighted by molar-refractivity contribution is 7.89. The molecule has 7 nitrogen and oxygen atoms in total. The monoisotopic (exact) mass is 532 g/mol. The van der Waals surface area contributed by atoms with Gasteiger partial charge in [-0.05, 0) is 66.5 Å². The number of nitrogens with one attached hydrogen (secondary N) is 1. The van der Waals surface area contributed by atoms with Crippen LogP contribution < -0.4 is 5.32 Å². The van der Waals surface area contributed by atoms with Gasteiger partial charge in [-0.25, -0.2) is 13.2 Å². The number of hydrogen-bond donors (Lipinski definition) is 2. The number of aliphatic carboxylic acids is 1. The number of carboxylic acid groups (broad SMARTS) is 1. The molecule has 2 aliphatic rings. The van der Waals surface area contributed by atoms with E-state index < -0.39 is 27.9 Å². The first-order valence-corrected chi connectivity index (χ1v) is 14.5. The molecule has 198 valence electrons. The zero-order chi connectivity index (χ0) is 26.7. The number of nitrogens with zero attached hydrogens (tertiary/aromatic N) is 1. The Bertz CT molecular complexity index is 1390. The van der Waals surface area contributed by atoms with Crippen molar-refractivity contribution < 1.29 is 23.1 Å². The molecule has 0 aromatic heterocycles. The molecule has 0 aliphatic heterocycles. The third-order valence-corrected chi connectivity index (χ3v) is 9.72. The maximum atomic E-state index is 13.8. The Kier molecular flexibility index (Phi) is 7.63. The summed E-state index contributed by atoms with van der Waals surface area (Å²) in [5, 5.41) is 12.3. The average Bonchev–Trinajstić information content (AvgIpc) is 3.56. The second-order valence-corrected chi connectivity index (χ2v) is 12.3. The normalized spacial score (nSPS) is 21.3. The smallest absolute Gasteiger partial charge is 0.326 e. The van der Waals surface area contributed by atoms with Gasteiger partial charge in [-0.1, -0.05) is 67.1 Å². The van der Waals surface area contributed by atoms with Crippen LogP contribution in [0.1, 0.15) is 47.2 Å². The first-order valence-electron chi connectivity index (χ1n) is 13.0. The molecule has 2 aliphatic carbocycles. The van der Waals surface area contributed by atoms with E-state index in [4.69, 9.17) is 0 Å². The lowest BCUT2D eigenvalue weighted by molar-refractivity contribution is -0.139. The van der Waals surface area contributed by atoms with Crippen molar-refractivity contribution in [3.8, 4) is 0 Å². The fraction of sp³-hybridized carbons (Fsp3) is 0.333. The predicted octanol–water partition coefficient (Wildman–Crippen LogP) is 4.49. The Balaban J connectivity index is 1.37. The molecule has 0 radical (unpaired) electrons. The van der Waals surface area contributed by atoms with E-state index in [-0.39, 0.29) is 23.9 Å². The standard InChI is InChI=1S/C30H32N2O5S/c33-29(31-27(30(34)35)18-21-8-3-1-4-9-21)25-11-7-10-23(17-25)20-32(28-19-22-14-15-24(28)16-22)38(36,37)26-12-5-2-6-13-26/h1-13,17,22,24,27-28H,14-16,18-20H2,(H,31,33)(H,34,35)/t22?,24?,27-,28?/m0/s1. The Hall–Kier alpha value is -3.49. The quantitative estimate of drug-likeness (QED) is 0.400. The molecular formula is C30H32N2O5S. The number of benzene rings is 3. The molecule has 38 heavy (non-hydrogen) atoms. The van der Waals surface area contributed by atoms with Gasteiger partial charge in [0.25, 0.3) is 5.91 Å². The number of rotatable bonds is 10. The maximum Gasteiger partial charge on any atom is 0.326 e. The second-order valence-electron chi connectivity index (χ2n) is 10.4. The van der Waals surface area contributed by atoms with Crippen LogP contribution in [-0.4, -0.2) is 41.8 Å². The summed E-state index contributed by atoms with van der Waals surface area (Å²) in [7, 11) is -3.75. The first kappa shape index (κ1) is 26.1. The Morgan fingerprint density at radius 2 is 1.58 bits per heavy atom. The van der Waals surface area contributed by atoms with Crippen LogP contribution in [0.4, 0.5) is 0 Å². The van der Waals surface area contributed by atoms with E-state index in [2.05, 4.69) is 5.32 Å². The summed E-state index contributed by atoms with van der Waals surface area (Å²) >= 11 is 0. The molecule has 1 amide bonds. The van der Waals surface area contributed by atoms with E-state index in [1.807, 2.05) is 36.4 Å². The maximum absolute atomic E-state index is 13.8. The molecule has 0 heterocycles. The summed E-state index contributed by atoms with van der Waals surface area (Å²) in [4.78, 5) is 25.2. The number of sulfonamides is 1. The van der Waals surface area contributed by atoms with Gasteiger partial charge < -0.3 is 10.4 Å². The number of amides is 1. The average molecular weight is 533 g/mol. The van der Waals surface area contributed by atoms with E-state index in [1.54, 1.807) is 52.8 Å². The van der Waals surface area contributed by atoms with Crippen LogP contribution >= 0.6 is 0 Å². The molecule has 5 rings (SSSR count). The van der Waals surface area contributed by atoms with E-state index in [0.29, 0.717) is 23.0 Å². The van der Waals surface area contributed by atoms with Crippen LogP contribution in [-0.2, 0) is 27.8 Å². The lowest BCUT2D eigenvalue weighted by Crippen LogP contribution is -2.43. The number of carbonyl (C=O) groups is 2. The molecule has 2 bridgehead atoms. The molecule has 3 unspecified atom stereocenters. The Morgan fingerprint density at radius 1 is 0.895 bits per heavy atom. The van der Waals surface area contributed by atoms with Crippen molar-refractivity contribution in [1.82, 2.24) is 9.62 Å². The van der Waals surface area contributed by atoms with Crippen LogP contribution in [0.15, 0.2) is 89.8 Å². The van der Waals surface area contributed by atoms with Gasteiger partial charge in [0.2, 0.25) is 10.0 Å². The molecule has 2 fully saturated rings. The van der Waals surface area contributed by atoms with Crippen LogP contribution in [0.5, 0.6) is 0 Å². The van der Waals surface area contributed by atoms with Gasteiger partial charge >= 0.3 is 5.97 Å². The minimum atomic E-state index is -3.75. The molecule has 4 atom stereocenters. The van der Waals surface area contributed by atoms with Gasteiger partial charge in [-0.2, -0.15) is 4.31 Å². The Morgan fingerprint density at radius 3 is 2.21 bits per heavy atom. The van der Waals surface area contributed by atoms with Crippen molar-refractivity contribution in [1.29, 1.82) is 0 Å². The van der Waals surface area contributed by atoms with Crippen molar-refractivity contribution in [3.63, 3.8) is 0 Å². The minimum absolute atomic E-state index is 0.0706. The van der Waals surface area contributed by atoms with Crippen molar-refractivity contribution >= 4 is 21.9 Å². The van der Waals surface area contributed by atoms with Gasteiger partial charge in [-0.3, -0.25) is 4.79 Å². The zero-order valence-corrected chi connectivity index (χ0v) is 21.9. The van der Waals surface area contributed by atoms with Gasteiger partial charge in [0, 0.05) is 24.6 Å². The molecule has 2 N–H and O–H groups in total. The van der Waals surface area contributed by atoms with Crippen molar-refractivity contribution in [2.75, 3.05) is 0 Å². The topological polar surface area (TPSA) is 104 Å². The lowest BCUT2D eigenvalue weighted by Gasteiger charge is -2.34. The predicted molar refractivity (Wildman–Crippen MR) is 144 cm³/mol. The molecule has 3 aromatic carbocycles. The van der Waals surface area contributed by atoms with Crippen molar-refractivity contribution in [2.45, 2.75) is 55.6 Å². The van der Waals surface area contributed by atoms with E-state index in [0.717, 1.165) is 31.2 Å². The van der Waals surface area contributed by atoms with Gasteiger partial charge in [0.1, 0.15) is 6.04 Å².